The predicted molar refractivity (Wildman–Crippen MR) is 134 cm³/mol. The maximum atomic E-state index is 13.1. The van der Waals surface area contributed by atoms with Gasteiger partial charge in [0.15, 0.2) is 5.11 Å². The minimum absolute atomic E-state index is 0.175. The monoisotopic (exact) mass is 448 g/mol. The highest BCUT2D eigenvalue weighted by Gasteiger charge is 2.20. The number of ketones is 1. The number of pyridine rings is 1. The Morgan fingerprint density at radius 3 is 2.47 bits per heavy atom. The molecule has 0 aliphatic carbocycles. The SMILES string of the molecule is CC(=O)CCCCC[C@H](NC(=S)Nc1ccccc1)C(=O)Nc1cnc2ccccc2c1. The van der Waals surface area contributed by atoms with Gasteiger partial charge in [0.2, 0.25) is 5.91 Å². The zero-order valence-corrected chi connectivity index (χ0v) is 19.0. The third-order valence-electron chi connectivity index (χ3n) is 5.03. The van der Waals surface area contributed by atoms with Gasteiger partial charge in [0.25, 0.3) is 0 Å². The van der Waals surface area contributed by atoms with E-state index in [9.17, 15) is 9.59 Å². The normalized spacial score (nSPS) is 11.5. The number of nitrogens with zero attached hydrogens (tertiary/aromatic N) is 1. The van der Waals surface area contributed by atoms with Gasteiger partial charge >= 0.3 is 0 Å². The summed E-state index contributed by atoms with van der Waals surface area (Å²) in [7, 11) is 0. The van der Waals surface area contributed by atoms with Gasteiger partial charge in [0, 0.05) is 17.5 Å². The molecule has 0 fully saturated rings. The molecule has 3 aromatic rings. The highest BCUT2D eigenvalue weighted by atomic mass is 32.1. The first-order chi connectivity index (χ1) is 15.5. The number of nitrogens with one attached hydrogen (secondary N) is 3. The number of amides is 1. The van der Waals surface area contributed by atoms with Crippen LogP contribution in [0, 0.1) is 0 Å². The molecule has 0 radical (unpaired) electrons. The summed E-state index contributed by atoms with van der Waals surface area (Å²) < 4.78 is 0. The fraction of sp³-hybridized carbons (Fsp3) is 0.280. The van der Waals surface area contributed by atoms with Gasteiger partial charge < -0.3 is 20.7 Å². The van der Waals surface area contributed by atoms with E-state index in [4.69, 9.17) is 12.2 Å². The van der Waals surface area contributed by atoms with Gasteiger partial charge in [-0.05, 0) is 56.2 Å². The lowest BCUT2D eigenvalue weighted by Gasteiger charge is -2.20. The maximum absolute atomic E-state index is 13.1. The van der Waals surface area contributed by atoms with E-state index in [1.165, 1.54) is 0 Å². The number of thiocarbonyl (C=S) groups is 1. The van der Waals surface area contributed by atoms with Crippen molar-refractivity contribution in [3.63, 3.8) is 0 Å². The molecule has 1 atom stereocenters. The fourth-order valence-corrected chi connectivity index (χ4v) is 3.64. The van der Waals surface area contributed by atoms with Gasteiger partial charge in [-0.25, -0.2) is 0 Å². The van der Waals surface area contributed by atoms with Gasteiger partial charge in [-0.15, -0.1) is 0 Å². The summed E-state index contributed by atoms with van der Waals surface area (Å²) in [6.45, 7) is 1.60. The van der Waals surface area contributed by atoms with Crippen LogP contribution in [0.5, 0.6) is 0 Å². The second kappa shape index (κ2) is 11.9. The molecule has 1 heterocycles. The van der Waals surface area contributed by atoms with Crippen LogP contribution in [0.4, 0.5) is 11.4 Å². The Labute approximate surface area is 193 Å². The highest BCUT2D eigenvalue weighted by molar-refractivity contribution is 7.80. The molecule has 0 saturated carbocycles. The van der Waals surface area contributed by atoms with Crippen molar-refractivity contribution < 1.29 is 9.59 Å². The molecule has 6 nitrogen and oxygen atoms in total. The van der Waals surface area contributed by atoms with E-state index < -0.39 is 6.04 Å². The van der Waals surface area contributed by atoms with E-state index in [1.54, 1.807) is 13.1 Å². The van der Waals surface area contributed by atoms with Gasteiger partial charge in [0.05, 0.1) is 17.4 Å². The summed E-state index contributed by atoms with van der Waals surface area (Å²) in [5.41, 5.74) is 2.36. The number of benzene rings is 2. The van der Waals surface area contributed by atoms with Crippen LogP contribution in [0.3, 0.4) is 0 Å². The van der Waals surface area contributed by atoms with Crippen molar-refractivity contribution in [2.75, 3.05) is 10.6 Å². The quantitative estimate of drug-likeness (QED) is 0.297. The highest BCUT2D eigenvalue weighted by Crippen LogP contribution is 2.17. The lowest BCUT2D eigenvalue weighted by Crippen LogP contribution is -2.45. The van der Waals surface area contributed by atoms with Crippen molar-refractivity contribution in [2.24, 2.45) is 0 Å². The van der Waals surface area contributed by atoms with E-state index in [0.717, 1.165) is 35.9 Å². The Hall–Kier alpha value is -3.32. The summed E-state index contributed by atoms with van der Waals surface area (Å²) in [5, 5.41) is 10.6. The number of carbonyl (C=O) groups is 2. The molecule has 0 aliphatic rings. The van der Waals surface area contributed by atoms with Gasteiger partial charge in [-0.2, -0.15) is 0 Å². The average Bonchev–Trinajstić information content (AvgIpc) is 2.78. The van der Waals surface area contributed by atoms with Crippen LogP contribution < -0.4 is 16.0 Å². The van der Waals surface area contributed by atoms with E-state index in [-0.39, 0.29) is 11.7 Å². The summed E-state index contributed by atoms with van der Waals surface area (Å²) in [5.74, 6) is 0.0142. The standard InChI is InChI=1S/C25H28N4O2S/c1-18(30)10-4-2-7-15-23(29-25(32)28-20-12-5-3-6-13-20)24(31)27-21-16-19-11-8-9-14-22(19)26-17-21/h3,5-6,8-9,11-14,16-17,23H,2,4,7,10,15H2,1H3,(H,27,31)(H2,28,29,32)/t23-/m0/s1. The van der Waals surface area contributed by atoms with E-state index >= 15 is 0 Å². The molecule has 1 amide bonds. The van der Waals surface area contributed by atoms with E-state index in [0.29, 0.717) is 23.6 Å². The Balaban J connectivity index is 1.64. The Morgan fingerprint density at radius 1 is 0.938 bits per heavy atom. The van der Waals surface area contributed by atoms with E-state index in [2.05, 4.69) is 20.9 Å². The van der Waals surface area contributed by atoms with Gasteiger partial charge in [0.1, 0.15) is 11.8 Å². The first kappa shape index (κ1) is 23.3. The number of fused-ring (bicyclic) bond motifs is 1. The van der Waals surface area contributed by atoms with Crippen molar-refractivity contribution in [2.45, 2.75) is 45.1 Å². The third kappa shape index (κ3) is 7.42. The van der Waals surface area contributed by atoms with Crippen LogP contribution >= 0.6 is 12.2 Å². The topological polar surface area (TPSA) is 83.1 Å². The summed E-state index contributed by atoms with van der Waals surface area (Å²) in [6.07, 6.45) is 5.34. The van der Waals surface area contributed by atoms with Crippen LogP contribution in [0.15, 0.2) is 66.9 Å². The van der Waals surface area contributed by atoms with Crippen molar-refractivity contribution >= 4 is 51.3 Å². The number of rotatable bonds is 10. The first-order valence-electron chi connectivity index (χ1n) is 10.8. The molecule has 166 valence electrons. The molecule has 3 rings (SSSR count). The molecule has 32 heavy (non-hydrogen) atoms. The molecule has 3 N–H and O–H groups in total. The predicted octanol–water partition coefficient (Wildman–Crippen LogP) is 5.07. The number of anilines is 2. The average molecular weight is 449 g/mol. The summed E-state index contributed by atoms with van der Waals surface area (Å²) in [6, 6.07) is 18.7. The third-order valence-corrected chi connectivity index (χ3v) is 5.25. The smallest absolute Gasteiger partial charge is 0.246 e. The first-order valence-corrected chi connectivity index (χ1v) is 11.2. The molecular formula is C25H28N4O2S. The van der Waals surface area contributed by atoms with Crippen molar-refractivity contribution in [3.05, 3.63) is 66.9 Å². The van der Waals surface area contributed by atoms with Gasteiger partial charge in [-0.3, -0.25) is 9.78 Å². The zero-order valence-electron chi connectivity index (χ0n) is 18.1. The van der Waals surface area contributed by atoms with E-state index in [1.807, 2.05) is 60.7 Å². The summed E-state index contributed by atoms with van der Waals surface area (Å²) >= 11 is 5.44. The van der Waals surface area contributed by atoms with Crippen molar-refractivity contribution in [3.8, 4) is 0 Å². The maximum Gasteiger partial charge on any atom is 0.246 e. The minimum Gasteiger partial charge on any atom is -0.351 e. The molecule has 0 saturated heterocycles. The molecular weight excluding hydrogens is 420 g/mol. The molecule has 0 unspecified atom stereocenters. The zero-order chi connectivity index (χ0) is 22.8. The Bertz CT molecular complexity index is 1070. The number of Topliss-reactive ketones (excluding diaryl/α,β-unsaturated/α-hetero) is 1. The van der Waals surface area contributed by atoms with Crippen LogP contribution in [-0.2, 0) is 9.59 Å². The summed E-state index contributed by atoms with van der Waals surface area (Å²) in [4.78, 5) is 28.6. The van der Waals surface area contributed by atoms with Crippen LogP contribution in [-0.4, -0.2) is 27.8 Å². The Kier molecular flexibility index (Phi) is 8.69. The van der Waals surface area contributed by atoms with Crippen molar-refractivity contribution in [1.29, 1.82) is 0 Å². The van der Waals surface area contributed by atoms with Crippen LogP contribution in [0.1, 0.15) is 39.0 Å². The fourth-order valence-electron chi connectivity index (χ4n) is 3.38. The lowest BCUT2D eigenvalue weighted by molar-refractivity contribution is -0.118. The van der Waals surface area contributed by atoms with Crippen LogP contribution in [0.2, 0.25) is 0 Å². The second-order valence-corrected chi connectivity index (χ2v) is 8.13. The number of hydrogen-bond acceptors (Lipinski definition) is 4. The number of para-hydroxylation sites is 2. The molecule has 7 heteroatoms. The molecule has 0 bridgehead atoms. The molecule has 0 aliphatic heterocycles. The number of unbranched alkanes of at least 4 members (excludes halogenated alkanes) is 2. The van der Waals surface area contributed by atoms with Crippen LogP contribution in [0.25, 0.3) is 10.9 Å². The van der Waals surface area contributed by atoms with Gasteiger partial charge in [-0.1, -0.05) is 49.2 Å². The van der Waals surface area contributed by atoms with Crippen molar-refractivity contribution in [1.82, 2.24) is 10.3 Å². The largest absolute Gasteiger partial charge is 0.351 e. The molecule has 0 spiro atoms. The second-order valence-electron chi connectivity index (χ2n) is 7.72. The molecule has 1 aromatic heterocycles. The number of aromatic nitrogens is 1. The minimum atomic E-state index is -0.512. The number of hydrogen-bond donors (Lipinski definition) is 3. The Morgan fingerprint density at radius 2 is 1.69 bits per heavy atom. The number of carbonyl (C=O) groups excluding carboxylic acids is 2. The lowest BCUT2D eigenvalue weighted by atomic mass is 10.1. The molecule has 2 aromatic carbocycles.